The summed E-state index contributed by atoms with van der Waals surface area (Å²) >= 11 is 0. The zero-order valence-electron chi connectivity index (χ0n) is 13.8. The van der Waals surface area contributed by atoms with Crippen LogP contribution in [0.15, 0.2) is 21.7 Å². The molecule has 0 bridgehead atoms. The van der Waals surface area contributed by atoms with Gasteiger partial charge < -0.3 is 9.84 Å². The lowest BCUT2D eigenvalue weighted by Gasteiger charge is -2.34. The van der Waals surface area contributed by atoms with E-state index in [1.807, 2.05) is 6.92 Å². The summed E-state index contributed by atoms with van der Waals surface area (Å²) in [5.41, 5.74) is 1.07. The Morgan fingerprint density at radius 3 is 2.75 bits per heavy atom. The van der Waals surface area contributed by atoms with Crippen LogP contribution in [0.3, 0.4) is 0 Å². The monoisotopic (exact) mass is 374 g/mol. The molecule has 24 heavy (non-hydrogen) atoms. The van der Waals surface area contributed by atoms with Crippen molar-refractivity contribution in [1.29, 1.82) is 0 Å². The largest absolute Gasteiger partial charge is 0.336 e. The van der Waals surface area contributed by atoms with Crippen molar-refractivity contribution in [3.63, 3.8) is 0 Å². The van der Waals surface area contributed by atoms with Gasteiger partial charge in [0, 0.05) is 6.54 Å². The number of nitrogens with zero attached hydrogens (tertiary/aromatic N) is 2. The molecular formula is C15H23ClN4O3S. The van der Waals surface area contributed by atoms with Crippen LogP contribution in [0.4, 0.5) is 0 Å². The second-order valence-electron chi connectivity index (χ2n) is 6.39. The first-order valence-corrected chi connectivity index (χ1v) is 9.36. The second kappa shape index (κ2) is 7.35. The van der Waals surface area contributed by atoms with E-state index in [9.17, 15) is 8.42 Å². The molecule has 1 saturated heterocycles. The van der Waals surface area contributed by atoms with Gasteiger partial charge >= 0.3 is 0 Å². The second-order valence-corrected chi connectivity index (χ2v) is 8.16. The van der Waals surface area contributed by atoms with Gasteiger partial charge in [-0.2, -0.15) is 0 Å². The third kappa shape index (κ3) is 3.88. The number of fused-ring (bicyclic) bond motifs is 1. The first-order chi connectivity index (χ1) is 10.9. The maximum absolute atomic E-state index is 12.6. The number of aryl methyl sites for hydroxylation is 1. The molecule has 0 aromatic carbocycles. The molecule has 7 nitrogen and oxygen atoms in total. The number of nitrogens with one attached hydrogen (secondary N) is 2. The van der Waals surface area contributed by atoms with Gasteiger partial charge in [0.05, 0.1) is 17.3 Å². The summed E-state index contributed by atoms with van der Waals surface area (Å²) < 4.78 is 33.0. The molecule has 0 amide bonds. The van der Waals surface area contributed by atoms with Crippen LogP contribution >= 0.6 is 12.4 Å². The highest BCUT2D eigenvalue weighted by Crippen LogP contribution is 2.27. The lowest BCUT2D eigenvalue weighted by molar-refractivity contribution is 0.232. The topological polar surface area (TPSA) is 97.1 Å². The Morgan fingerprint density at radius 1 is 1.38 bits per heavy atom. The standard InChI is InChI=1S/C15H22N4O3S.ClH/c1-3-13-12-8-11(9-17-14(12)22-19-13)23(20,21)18-10-15(2)4-6-16-7-5-15;/h8-9,16,18H,3-7,10H2,1-2H3;1H. The molecule has 134 valence electrons. The first-order valence-electron chi connectivity index (χ1n) is 7.88. The van der Waals surface area contributed by atoms with Crippen LogP contribution in [0, 0.1) is 5.41 Å². The molecule has 1 aliphatic rings. The molecule has 0 aliphatic carbocycles. The number of rotatable bonds is 5. The minimum absolute atomic E-state index is 0. The maximum Gasteiger partial charge on any atom is 0.258 e. The number of hydrogen-bond donors (Lipinski definition) is 2. The van der Waals surface area contributed by atoms with Crippen molar-refractivity contribution < 1.29 is 12.9 Å². The van der Waals surface area contributed by atoms with Gasteiger partial charge in [-0.3, -0.25) is 0 Å². The van der Waals surface area contributed by atoms with E-state index in [1.54, 1.807) is 6.07 Å². The third-order valence-corrected chi connectivity index (χ3v) is 5.89. The Morgan fingerprint density at radius 2 is 2.08 bits per heavy atom. The molecule has 0 atom stereocenters. The van der Waals surface area contributed by atoms with Gasteiger partial charge in [0.1, 0.15) is 4.90 Å². The molecule has 0 spiro atoms. The lowest BCUT2D eigenvalue weighted by atomic mass is 9.81. The summed E-state index contributed by atoms with van der Waals surface area (Å²) in [4.78, 5) is 4.22. The van der Waals surface area contributed by atoms with Crippen molar-refractivity contribution in [2.45, 2.75) is 38.0 Å². The predicted octanol–water partition coefficient (Wildman–Crippen LogP) is 1.87. The maximum atomic E-state index is 12.6. The van der Waals surface area contributed by atoms with Gasteiger partial charge in [-0.1, -0.05) is 19.0 Å². The molecule has 3 heterocycles. The average molecular weight is 375 g/mol. The number of hydrogen-bond acceptors (Lipinski definition) is 6. The number of aromatic nitrogens is 2. The molecule has 0 unspecified atom stereocenters. The third-order valence-electron chi connectivity index (χ3n) is 4.52. The Hall–Kier alpha value is -1.22. The molecule has 9 heteroatoms. The van der Waals surface area contributed by atoms with E-state index in [0.717, 1.165) is 31.6 Å². The molecule has 2 N–H and O–H groups in total. The van der Waals surface area contributed by atoms with Crippen LogP contribution < -0.4 is 10.0 Å². The van der Waals surface area contributed by atoms with Crippen LogP contribution in [-0.4, -0.2) is 38.2 Å². The van der Waals surface area contributed by atoms with E-state index in [-0.39, 0.29) is 22.7 Å². The fourth-order valence-corrected chi connectivity index (χ4v) is 3.99. The molecule has 2 aromatic rings. The highest BCUT2D eigenvalue weighted by atomic mass is 35.5. The highest BCUT2D eigenvalue weighted by molar-refractivity contribution is 7.89. The van der Waals surface area contributed by atoms with Gasteiger partial charge in [-0.15, -0.1) is 12.4 Å². The Balaban J connectivity index is 0.00000208. The smallest absolute Gasteiger partial charge is 0.258 e. The number of piperidine rings is 1. The van der Waals surface area contributed by atoms with Crippen LogP contribution in [0.5, 0.6) is 0 Å². The van der Waals surface area contributed by atoms with Crippen molar-refractivity contribution in [2.24, 2.45) is 5.41 Å². The summed E-state index contributed by atoms with van der Waals surface area (Å²) in [5.74, 6) is 0. The Labute approximate surface area is 148 Å². The normalized spacial score (nSPS) is 17.6. The minimum atomic E-state index is -3.59. The van der Waals surface area contributed by atoms with Crippen molar-refractivity contribution in [3.8, 4) is 0 Å². The Kier molecular flexibility index (Phi) is 5.85. The summed E-state index contributed by atoms with van der Waals surface area (Å²) in [5, 5.41) is 7.86. The molecule has 3 rings (SSSR count). The average Bonchev–Trinajstić information content (AvgIpc) is 2.96. The molecule has 2 aromatic heterocycles. The quantitative estimate of drug-likeness (QED) is 0.829. The van der Waals surface area contributed by atoms with E-state index < -0.39 is 10.0 Å². The summed E-state index contributed by atoms with van der Waals surface area (Å²) in [6.45, 7) is 6.33. The van der Waals surface area contributed by atoms with Gasteiger partial charge in [-0.25, -0.2) is 18.1 Å². The van der Waals surface area contributed by atoms with E-state index >= 15 is 0 Å². The molecule has 1 aliphatic heterocycles. The summed E-state index contributed by atoms with van der Waals surface area (Å²) in [6.07, 6.45) is 3.90. The van der Waals surface area contributed by atoms with Crippen molar-refractivity contribution >= 4 is 33.5 Å². The lowest BCUT2D eigenvalue weighted by Crippen LogP contribution is -2.42. The van der Waals surface area contributed by atoms with Gasteiger partial charge in [-0.05, 0) is 43.8 Å². The van der Waals surface area contributed by atoms with E-state index in [4.69, 9.17) is 4.52 Å². The number of sulfonamides is 1. The zero-order valence-corrected chi connectivity index (χ0v) is 15.5. The minimum Gasteiger partial charge on any atom is -0.336 e. The predicted molar refractivity (Wildman–Crippen MR) is 93.8 cm³/mol. The molecule has 0 saturated carbocycles. The fourth-order valence-electron chi connectivity index (χ4n) is 2.82. The molecule has 0 radical (unpaired) electrons. The van der Waals surface area contributed by atoms with Gasteiger partial charge in [0.2, 0.25) is 10.0 Å². The first kappa shape index (κ1) is 19.1. The summed E-state index contributed by atoms with van der Waals surface area (Å²) in [7, 11) is -3.59. The fraction of sp³-hybridized carbons (Fsp3) is 0.600. The van der Waals surface area contributed by atoms with Crippen molar-refractivity contribution in [3.05, 3.63) is 18.0 Å². The number of halogens is 1. The van der Waals surface area contributed by atoms with Gasteiger partial charge in [0.15, 0.2) is 0 Å². The zero-order chi connectivity index (χ0) is 16.5. The molecule has 1 fully saturated rings. The van der Waals surface area contributed by atoms with Gasteiger partial charge in [0.25, 0.3) is 5.71 Å². The van der Waals surface area contributed by atoms with Crippen LogP contribution in [-0.2, 0) is 16.4 Å². The van der Waals surface area contributed by atoms with E-state index in [1.165, 1.54) is 6.20 Å². The summed E-state index contributed by atoms with van der Waals surface area (Å²) in [6, 6.07) is 1.59. The van der Waals surface area contributed by atoms with Crippen LogP contribution in [0.1, 0.15) is 32.4 Å². The van der Waals surface area contributed by atoms with E-state index in [0.29, 0.717) is 24.1 Å². The van der Waals surface area contributed by atoms with Crippen LogP contribution in [0.2, 0.25) is 0 Å². The highest BCUT2D eigenvalue weighted by Gasteiger charge is 2.29. The van der Waals surface area contributed by atoms with E-state index in [2.05, 4.69) is 27.1 Å². The Bertz CT molecular complexity index is 800. The molecular weight excluding hydrogens is 352 g/mol. The SMILES string of the molecule is CCc1noc2ncc(S(=O)(=O)NCC3(C)CCNCC3)cc12.Cl. The van der Waals surface area contributed by atoms with Crippen molar-refractivity contribution in [1.82, 2.24) is 20.2 Å². The van der Waals surface area contributed by atoms with Crippen molar-refractivity contribution in [2.75, 3.05) is 19.6 Å². The number of pyridine rings is 1. The van der Waals surface area contributed by atoms with Crippen LogP contribution in [0.25, 0.3) is 11.1 Å².